The van der Waals surface area contributed by atoms with Crippen molar-refractivity contribution in [3.63, 3.8) is 0 Å². The Hall–Kier alpha value is -4.21. The van der Waals surface area contributed by atoms with Gasteiger partial charge in [-0.15, -0.1) is 0 Å². The number of aliphatic imine (C=N–C) groups is 1. The highest BCUT2D eigenvalue weighted by atomic mass is 16.5. The van der Waals surface area contributed by atoms with Crippen LogP contribution in [-0.4, -0.2) is 79.2 Å². The molecule has 242 valence electrons. The molecule has 1 amide bonds. The van der Waals surface area contributed by atoms with Gasteiger partial charge in [0.2, 0.25) is 5.91 Å². The lowest BCUT2D eigenvalue weighted by atomic mass is 9.99. The maximum atomic E-state index is 12.9. The maximum Gasteiger partial charge on any atom is 0.246 e. The highest BCUT2D eigenvalue weighted by Gasteiger charge is 2.27. The fourth-order valence-electron chi connectivity index (χ4n) is 5.16. The second-order valence-corrected chi connectivity index (χ2v) is 11.3. The number of nitrogens with zero attached hydrogens (tertiary/aromatic N) is 3. The van der Waals surface area contributed by atoms with Crippen molar-refractivity contribution in [1.82, 2.24) is 15.1 Å². The Labute approximate surface area is 269 Å². The van der Waals surface area contributed by atoms with Crippen LogP contribution >= 0.6 is 0 Å². The van der Waals surface area contributed by atoms with Crippen LogP contribution < -0.4 is 15.8 Å². The first-order chi connectivity index (χ1) is 21.8. The molecular weight excluding hydrogens is 564 g/mol. The zero-order valence-corrected chi connectivity index (χ0v) is 27.3. The Kier molecular flexibility index (Phi) is 14.6. The number of nitrogens with one attached hydrogen (secondary N) is 2. The summed E-state index contributed by atoms with van der Waals surface area (Å²) in [5, 5.41) is 12.1. The average Bonchev–Trinajstić information content (AvgIpc) is 3.51. The van der Waals surface area contributed by atoms with Crippen LogP contribution in [0.1, 0.15) is 52.0 Å². The van der Waals surface area contributed by atoms with Crippen molar-refractivity contribution in [2.24, 2.45) is 10.7 Å². The predicted molar refractivity (Wildman–Crippen MR) is 184 cm³/mol. The van der Waals surface area contributed by atoms with Crippen LogP contribution in [0, 0.1) is 5.41 Å². The molecule has 45 heavy (non-hydrogen) atoms. The Morgan fingerprint density at radius 1 is 1.13 bits per heavy atom. The van der Waals surface area contributed by atoms with Gasteiger partial charge in [-0.2, -0.15) is 0 Å². The first-order valence-corrected chi connectivity index (χ1v) is 15.8. The minimum atomic E-state index is -0.126. The number of likely N-dealkylation sites (tertiary alicyclic amines) is 1. The second-order valence-electron chi connectivity index (χ2n) is 11.3. The SMILES string of the molecule is C=CNC(=NC1CCN(C(=O)/C=C/CN(C)C2CCOCC2)C1)/C(C(=N)c1ccc(Oc2ccccc2)cc1)=C(\C)N.CCC. The van der Waals surface area contributed by atoms with Crippen LogP contribution in [0.25, 0.3) is 0 Å². The summed E-state index contributed by atoms with van der Waals surface area (Å²) in [6, 6.07) is 17.2. The van der Waals surface area contributed by atoms with E-state index in [0.29, 0.717) is 47.6 Å². The van der Waals surface area contributed by atoms with Gasteiger partial charge in [0.05, 0.1) is 17.3 Å². The van der Waals surface area contributed by atoms with E-state index in [1.54, 1.807) is 13.0 Å². The van der Waals surface area contributed by atoms with Gasteiger partial charge in [-0.05, 0) is 75.8 Å². The molecule has 1 atom stereocenters. The summed E-state index contributed by atoms with van der Waals surface area (Å²) < 4.78 is 11.3. The quantitative estimate of drug-likeness (QED) is 0.165. The summed E-state index contributed by atoms with van der Waals surface area (Å²) >= 11 is 0. The van der Waals surface area contributed by atoms with Crippen molar-refractivity contribution in [2.75, 3.05) is 39.9 Å². The zero-order valence-electron chi connectivity index (χ0n) is 27.3. The number of rotatable bonds is 11. The van der Waals surface area contributed by atoms with E-state index in [1.165, 1.54) is 12.6 Å². The number of carbonyl (C=O) groups is 1. The van der Waals surface area contributed by atoms with Crippen LogP contribution in [-0.2, 0) is 9.53 Å². The van der Waals surface area contributed by atoms with Gasteiger partial charge >= 0.3 is 0 Å². The van der Waals surface area contributed by atoms with E-state index in [0.717, 1.165) is 44.8 Å². The van der Waals surface area contributed by atoms with Crippen molar-refractivity contribution in [3.05, 3.63) is 96.4 Å². The van der Waals surface area contributed by atoms with Gasteiger partial charge in [0.1, 0.15) is 17.3 Å². The van der Waals surface area contributed by atoms with Gasteiger partial charge in [0.25, 0.3) is 0 Å². The molecule has 2 fully saturated rings. The molecule has 2 aliphatic rings. The van der Waals surface area contributed by atoms with Gasteiger partial charge in [-0.3, -0.25) is 20.1 Å². The fourth-order valence-corrected chi connectivity index (χ4v) is 5.16. The van der Waals surface area contributed by atoms with Gasteiger partial charge < -0.3 is 25.4 Å². The van der Waals surface area contributed by atoms with Crippen LogP contribution in [0.4, 0.5) is 0 Å². The number of hydrogen-bond acceptors (Lipinski definition) is 7. The molecular formula is C36H50N6O3. The van der Waals surface area contributed by atoms with E-state index in [9.17, 15) is 4.79 Å². The summed E-state index contributed by atoms with van der Waals surface area (Å²) in [6.45, 7) is 13.2. The number of benzene rings is 2. The van der Waals surface area contributed by atoms with E-state index < -0.39 is 0 Å². The number of amidine groups is 1. The summed E-state index contributed by atoms with van der Waals surface area (Å²) in [7, 11) is 2.09. The number of amides is 1. The topological polar surface area (TPSA) is 116 Å². The molecule has 0 spiro atoms. The van der Waals surface area contributed by atoms with Crippen LogP contribution in [0.15, 0.2) is 95.8 Å². The third-order valence-electron chi connectivity index (χ3n) is 7.50. The third-order valence-corrected chi connectivity index (χ3v) is 7.50. The van der Waals surface area contributed by atoms with Crippen LogP contribution in [0.3, 0.4) is 0 Å². The molecule has 1 unspecified atom stereocenters. The van der Waals surface area contributed by atoms with Gasteiger partial charge in [-0.25, -0.2) is 0 Å². The fraction of sp³-hybridized carbons (Fsp3) is 0.417. The number of carbonyl (C=O) groups excluding carboxylic acids is 1. The van der Waals surface area contributed by atoms with E-state index >= 15 is 0 Å². The largest absolute Gasteiger partial charge is 0.457 e. The van der Waals surface area contributed by atoms with Crippen LogP contribution in [0.2, 0.25) is 0 Å². The molecule has 9 nitrogen and oxygen atoms in total. The molecule has 0 radical (unpaired) electrons. The normalized spacial score (nSPS) is 17.8. The summed E-state index contributed by atoms with van der Waals surface area (Å²) in [6.07, 6.45) is 9.15. The summed E-state index contributed by atoms with van der Waals surface area (Å²) in [4.78, 5) is 21.9. The second kappa shape index (κ2) is 18.6. The number of allylic oxidation sites excluding steroid dienone is 1. The zero-order chi connectivity index (χ0) is 32.6. The molecule has 0 saturated carbocycles. The first-order valence-electron chi connectivity index (χ1n) is 15.8. The van der Waals surface area contributed by atoms with E-state index in [-0.39, 0.29) is 17.7 Å². The number of nitrogens with two attached hydrogens (primary N) is 1. The van der Waals surface area contributed by atoms with Gasteiger partial charge in [0, 0.05) is 56.2 Å². The van der Waals surface area contributed by atoms with E-state index in [2.05, 4.69) is 37.7 Å². The Balaban J connectivity index is 0.00000177. The molecule has 2 saturated heterocycles. The molecule has 2 aromatic carbocycles. The first kappa shape index (κ1) is 35.3. The maximum absolute atomic E-state index is 12.9. The predicted octanol–water partition coefficient (Wildman–Crippen LogP) is 5.90. The molecule has 2 heterocycles. The van der Waals surface area contributed by atoms with E-state index in [1.807, 2.05) is 65.6 Å². The molecule has 2 aliphatic heterocycles. The lowest BCUT2D eigenvalue weighted by Crippen LogP contribution is -2.36. The Bertz CT molecular complexity index is 1330. The lowest BCUT2D eigenvalue weighted by Gasteiger charge is -2.30. The van der Waals surface area contributed by atoms with Crippen molar-refractivity contribution in [1.29, 1.82) is 5.41 Å². The van der Waals surface area contributed by atoms with Crippen molar-refractivity contribution in [3.8, 4) is 11.5 Å². The molecule has 0 aliphatic carbocycles. The number of para-hydroxylation sites is 1. The van der Waals surface area contributed by atoms with Gasteiger partial charge in [0.15, 0.2) is 0 Å². The number of hydrogen-bond donors (Lipinski definition) is 3. The highest BCUT2D eigenvalue weighted by molar-refractivity contribution is 6.29. The molecule has 4 rings (SSSR count). The van der Waals surface area contributed by atoms with Crippen molar-refractivity contribution in [2.45, 2.75) is 58.5 Å². The number of likely N-dealkylation sites (N-methyl/N-ethyl adjacent to an activating group) is 1. The average molecular weight is 615 g/mol. The third kappa shape index (κ3) is 11.0. The van der Waals surface area contributed by atoms with Crippen LogP contribution in [0.5, 0.6) is 11.5 Å². The molecule has 4 N–H and O–H groups in total. The molecule has 2 aromatic rings. The smallest absolute Gasteiger partial charge is 0.246 e. The highest BCUT2D eigenvalue weighted by Crippen LogP contribution is 2.23. The minimum absolute atomic E-state index is 0.0115. The van der Waals surface area contributed by atoms with Crippen molar-refractivity contribution < 1.29 is 14.3 Å². The van der Waals surface area contributed by atoms with Gasteiger partial charge in [-0.1, -0.05) is 51.1 Å². The monoisotopic (exact) mass is 614 g/mol. The molecule has 0 aromatic heterocycles. The molecule has 9 heteroatoms. The standard InChI is InChI=1S/C33H42N6O3.C3H8/c1-4-36-33(31(24(2)34)32(35)25-12-14-29(15-13-25)42-28-9-6-5-7-10-28)37-26-16-20-39(23-26)30(40)11-8-19-38(3)27-17-21-41-22-18-27;1-3-2/h4-15,26-27,35H,1,16-23,34H2,2-3H3,(H,36,37);3H2,1-2H3/b11-8+,31-24+,35-32?;. The summed E-state index contributed by atoms with van der Waals surface area (Å²) in [5.41, 5.74) is 8.15. The Morgan fingerprint density at radius 3 is 2.40 bits per heavy atom. The van der Waals surface area contributed by atoms with E-state index in [4.69, 9.17) is 25.6 Å². The Morgan fingerprint density at radius 2 is 1.78 bits per heavy atom. The number of ether oxygens (including phenoxy) is 2. The molecule has 0 bridgehead atoms. The lowest BCUT2D eigenvalue weighted by molar-refractivity contribution is -0.125. The summed E-state index contributed by atoms with van der Waals surface area (Å²) in [5.74, 6) is 1.87. The minimum Gasteiger partial charge on any atom is -0.457 e. The van der Waals surface area contributed by atoms with Crippen molar-refractivity contribution >= 4 is 17.5 Å².